The van der Waals surface area contributed by atoms with Gasteiger partial charge in [-0.2, -0.15) is 13.2 Å². The number of halogens is 3. The highest BCUT2D eigenvalue weighted by atomic mass is 19.4. The van der Waals surface area contributed by atoms with E-state index >= 15 is 0 Å². The van der Waals surface area contributed by atoms with Crippen LogP contribution in [-0.4, -0.2) is 37.7 Å². The number of alkyl halides is 3. The molecule has 0 unspecified atom stereocenters. The summed E-state index contributed by atoms with van der Waals surface area (Å²) in [6, 6.07) is 3.57. The quantitative estimate of drug-likeness (QED) is 0.858. The smallest absolute Gasteiger partial charge is 0.398 e. The third-order valence-electron chi connectivity index (χ3n) is 3.27. The summed E-state index contributed by atoms with van der Waals surface area (Å²) in [6.07, 6.45) is -3.68. The van der Waals surface area contributed by atoms with Gasteiger partial charge in [0.25, 0.3) is 0 Å². The Labute approximate surface area is 110 Å². The molecule has 0 saturated carbocycles. The summed E-state index contributed by atoms with van der Waals surface area (Å²) < 4.78 is 42.7. The summed E-state index contributed by atoms with van der Waals surface area (Å²) in [5.41, 5.74) is 5.97. The third-order valence-corrected chi connectivity index (χ3v) is 3.27. The SMILES string of the molecule is Nc1cc(C(F)(F)F)ccc1CCN1CCOCC1. The van der Waals surface area contributed by atoms with Crippen LogP contribution in [0.15, 0.2) is 18.2 Å². The molecule has 3 nitrogen and oxygen atoms in total. The first-order valence-corrected chi connectivity index (χ1v) is 6.22. The van der Waals surface area contributed by atoms with Crippen LogP contribution in [-0.2, 0) is 17.3 Å². The second kappa shape index (κ2) is 5.79. The fourth-order valence-electron chi connectivity index (χ4n) is 2.10. The predicted molar refractivity (Wildman–Crippen MR) is 66.8 cm³/mol. The fourth-order valence-corrected chi connectivity index (χ4v) is 2.10. The molecular formula is C13H17F3N2O. The van der Waals surface area contributed by atoms with Crippen LogP contribution in [0.2, 0.25) is 0 Å². The van der Waals surface area contributed by atoms with Gasteiger partial charge in [-0.25, -0.2) is 0 Å². The van der Waals surface area contributed by atoms with E-state index in [0.29, 0.717) is 19.6 Å². The summed E-state index contributed by atoms with van der Waals surface area (Å²) in [7, 11) is 0. The molecule has 1 saturated heterocycles. The van der Waals surface area contributed by atoms with Gasteiger partial charge in [-0.15, -0.1) is 0 Å². The van der Waals surface area contributed by atoms with Crippen LogP contribution in [0.4, 0.5) is 18.9 Å². The largest absolute Gasteiger partial charge is 0.416 e. The molecule has 0 spiro atoms. The van der Waals surface area contributed by atoms with E-state index in [1.807, 2.05) is 0 Å². The van der Waals surface area contributed by atoms with Crippen molar-refractivity contribution in [3.05, 3.63) is 29.3 Å². The number of nitrogens with zero attached hydrogens (tertiary/aromatic N) is 1. The molecule has 0 atom stereocenters. The van der Waals surface area contributed by atoms with E-state index in [1.165, 1.54) is 6.07 Å². The zero-order chi connectivity index (χ0) is 13.9. The average molecular weight is 274 g/mol. The van der Waals surface area contributed by atoms with Crippen molar-refractivity contribution in [1.29, 1.82) is 0 Å². The first-order chi connectivity index (χ1) is 8.97. The minimum atomic E-state index is -4.34. The van der Waals surface area contributed by atoms with Crippen LogP contribution in [0.3, 0.4) is 0 Å². The summed E-state index contributed by atoms with van der Waals surface area (Å²) >= 11 is 0. The van der Waals surface area contributed by atoms with E-state index in [-0.39, 0.29) is 5.69 Å². The van der Waals surface area contributed by atoms with Gasteiger partial charge in [0, 0.05) is 25.3 Å². The molecule has 1 aliphatic heterocycles. The number of nitrogen functional groups attached to an aromatic ring is 1. The molecule has 1 aromatic carbocycles. The van der Waals surface area contributed by atoms with Crippen LogP contribution < -0.4 is 5.73 Å². The number of morpholine rings is 1. The lowest BCUT2D eigenvalue weighted by Crippen LogP contribution is -2.37. The van der Waals surface area contributed by atoms with E-state index < -0.39 is 11.7 Å². The van der Waals surface area contributed by atoms with Crippen LogP contribution in [0, 0.1) is 0 Å². The number of ether oxygens (including phenoxy) is 1. The van der Waals surface area contributed by atoms with Crippen molar-refractivity contribution in [3.8, 4) is 0 Å². The molecule has 1 heterocycles. The second-order valence-corrected chi connectivity index (χ2v) is 4.62. The van der Waals surface area contributed by atoms with Gasteiger partial charge in [0.05, 0.1) is 18.8 Å². The van der Waals surface area contributed by atoms with Crippen molar-refractivity contribution in [2.45, 2.75) is 12.6 Å². The number of nitrogens with two attached hydrogens (primary N) is 1. The molecule has 0 bridgehead atoms. The molecule has 2 N–H and O–H groups in total. The monoisotopic (exact) mass is 274 g/mol. The van der Waals surface area contributed by atoms with E-state index in [9.17, 15) is 13.2 Å². The predicted octanol–water partition coefficient (Wildman–Crippen LogP) is 2.16. The van der Waals surface area contributed by atoms with Gasteiger partial charge in [-0.1, -0.05) is 6.07 Å². The van der Waals surface area contributed by atoms with Crippen LogP contribution in [0.25, 0.3) is 0 Å². The summed E-state index contributed by atoms with van der Waals surface area (Å²) in [6.45, 7) is 3.94. The van der Waals surface area contributed by atoms with Crippen LogP contribution in [0.5, 0.6) is 0 Å². The standard InChI is InChI=1S/C13H17F3N2O/c14-13(15,16)11-2-1-10(12(17)9-11)3-4-18-5-7-19-8-6-18/h1-2,9H,3-8,17H2. The van der Waals surface area contributed by atoms with Gasteiger partial charge >= 0.3 is 6.18 Å². The molecule has 19 heavy (non-hydrogen) atoms. The maximum atomic E-state index is 12.5. The molecule has 0 aromatic heterocycles. The van der Waals surface area contributed by atoms with Gasteiger partial charge in [0.1, 0.15) is 0 Å². The van der Waals surface area contributed by atoms with Gasteiger partial charge in [0.15, 0.2) is 0 Å². The van der Waals surface area contributed by atoms with Crippen molar-refractivity contribution in [1.82, 2.24) is 4.90 Å². The Morgan fingerprint density at radius 2 is 1.89 bits per heavy atom. The van der Waals surface area contributed by atoms with E-state index in [4.69, 9.17) is 10.5 Å². The molecule has 0 radical (unpaired) electrons. The Bertz CT molecular complexity index is 428. The molecule has 2 rings (SSSR count). The average Bonchev–Trinajstić information content (AvgIpc) is 2.37. The second-order valence-electron chi connectivity index (χ2n) is 4.62. The lowest BCUT2D eigenvalue weighted by molar-refractivity contribution is -0.137. The van der Waals surface area contributed by atoms with Crippen molar-refractivity contribution in [3.63, 3.8) is 0 Å². The van der Waals surface area contributed by atoms with Gasteiger partial charge in [-0.05, 0) is 24.1 Å². The number of hydrogen-bond acceptors (Lipinski definition) is 3. The zero-order valence-electron chi connectivity index (χ0n) is 10.5. The Morgan fingerprint density at radius 1 is 1.21 bits per heavy atom. The van der Waals surface area contributed by atoms with E-state index in [1.54, 1.807) is 0 Å². The van der Waals surface area contributed by atoms with Gasteiger partial charge in [0.2, 0.25) is 0 Å². The fraction of sp³-hybridized carbons (Fsp3) is 0.538. The van der Waals surface area contributed by atoms with Gasteiger partial charge < -0.3 is 10.5 Å². The molecule has 1 fully saturated rings. The topological polar surface area (TPSA) is 38.5 Å². The maximum Gasteiger partial charge on any atom is 0.416 e. The third kappa shape index (κ3) is 3.84. The number of rotatable bonds is 3. The minimum absolute atomic E-state index is 0.211. The molecule has 1 aromatic rings. The minimum Gasteiger partial charge on any atom is -0.398 e. The van der Waals surface area contributed by atoms with E-state index in [2.05, 4.69) is 4.90 Å². The highest BCUT2D eigenvalue weighted by Gasteiger charge is 2.30. The molecule has 1 aliphatic rings. The van der Waals surface area contributed by atoms with Crippen molar-refractivity contribution < 1.29 is 17.9 Å². The Morgan fingerprint density at radius 3 is 2.47 bits per heavy atom. The summed E-state index contributed by atoms with van der Waals surface area (Å²) in [5, 5.41) is 0. The molecule has 0 aliphatic carbocycles. The highest BCUT2D eigenvalue weighted by Crippen LogP contribution is 2.31. The molecular weight excluding hydrogens is 257 g/mol. The maximum absolute atomic E-state index is 12.5. The molecule has 6 heteroatoms. The lowest BCUT2D eigenvalue weighted by atomic mass is 10.1. The summed E-state index contributed by atoms with van der Waals surface area (Å²) in [5.74, 6) is 0. The van der Waals surface area contributed by atoms with Crippen molar-refractivity contribution in [2.75, 3.05) is 38.6 Å². The Hall–Kier alpha value is -1.27. The van der Waals surface area contributed by atoms with Crippen molar-refractivity contribution in [2.24, 2.45) is 0 Å². The normalized spacial score (nSPS) is 17.6. The highest BCUT2D eigenvalue weighted by molar-refractivity contribution is 5.50. The first kappa shape index (κ1) is 14.1. The Kier molecular flexibility index (Phi) is 4.31. The van der Waals surface area contributed by atoms with E-state index in [0.717, 1.165) is 37.3 Å². The number of benzene rings is 1. The summed E-state index contributed by atoms with van der Waals surface area (Å²) in [4.78, 5) is 2.22. The molecule has 106 valence electrons. The van der Waals surface area contributed by atoms with Crippen LogP contribution in [0.1, 0.15) is 11.1 Å². The van der Waals surface area contributed by atoms with Crippen LogP contribution >= 0.6 is 0 Å². The zero-order valence-corrected chi connectivity index (χ0v) is 10.5. The Balaban J connectivity index is 1.97. The number of anilines is 1. The molecule has 0 amide bonds. The first-order valence-electron chi connectivity index (χ1n) is 6.22. The van der Waals surface area contributed by atoms with Gasteiger partial charge in [-0.3, -0.25) is 4.90 Å². The van der Waals surface area contributed by atoms with Crippen molar-refractivity contribution >= 4 is 5.69 Å². The lowest BCUT2D eigenvalue weighted by Gasteiger charge is -2.26. The number of hydrogen-bond donors (Lipinski definition) is 1.